The van der Waals surface area contributed by atoms with Gasteiger partial charge in [-0.3, -0.25) is 4.90 Å². The summed E-state index contributed by atoms with van der Waals surface area (Å²) in [5, 5.41) is 3.04. The van der Waals surface area contributed by atoms with Crippen LogP contribution in [0.2, 0.25) is 0 Å². The number of anilines is 1. The molecule has 1 atom stereocenters. The van der Waals surface area contributed by atoms with Crippen molar-refractivity contribution < 1.29 is 0 Å². The number of nitrogens with zero attached hydrogens (tertiary/aromatic N) is 2. The average molecular weight is 235 g/mol. The Hall–Kier alpha value is -1.09. The van der Waals surface area contributed by atoms with Crippen LogP contribution in [0.3, 0.4) is 0 Å². The predicted molar refractivity (Wildman–Crippen MR) is 74.2 cm³/mol. The Kier molecular flexibility index (Phi) is 5.98. The molecule has 0 aliphatic carbocycles. The van der Waals surface area contributed by atoms with Crippen molar-refractivity contribution in [2.45, 2.75) is 33.7 Å². The molecule has 1 aromatic heterocycles. The van der Waals surface area contributed by atoms with Gasteiger partial charge >= 0.3 is 0 Å². The van der Waals surface area contributed by atoms with Crippen molar-refractivity contribution in [3.05, 3.63) is 23.9 Å². The van der Waals surface area contributed by atoms with Gasteiger partial charge in [0.2, 0.25) is 0 Å². The lowest BCUT2D eigenvalue weighted by Crippen LogP contribution is -2.27. The van der Waals surface area contributed by atoms with Crippen molar-refractivity contribution >= 4 is 5.82 Å². The van der Waals surface area contributed by atoms with Gasteiger partial charge in [-0.1, -0.05) is 33.3 Å². The number of nitrogens with one attached hydrogen (secondary N) is 1. The molecule has 0 aliphatic rings. The molecular weight excluding hydrogens is 210 g/mol. The number of pyridine rings is 1. The molecule has 1 heterocycles. The van der Waals surface area contributed by atoms with E-state index in [1.807, 2.05) is 19.3 Å². The number of aromatic nitrogens is 1. The van der Waals surface area contributed by atoms with Gasteiger partial charge in [-0.15, -0.1) is 0 Å². The monoisotopic (exact) mass is 235 g/mol. The van der Waals surface area contributed by atoms with E-state index in [9.17, 15) is 0 Å². The molecule has 0 aromatic carbocycles. The van der Waals surface area contributed by atoms with Crippen LogP contribution in [0.25, 0.3) is 0 Å². The molecule has 0 amide bonds. The van der Waals surface area contributed by atoms with Gasteiger partial charge in [0, 0.05) is 26.3 Å². The highest BCUT2D eigenvalue weighted by Gasteiger charge is 2.08. The molecule has 1 N–H and O–H groups in total. The number of rotatable bonds is 7. The van der Waals surface area contributed by atoms with Crippen LogP contribution in [-0.4, -0.2) is 30.0 Å². The largest absolute Gasteiger partial charge is 0.373 e. The van der Waals surface area contributed by atoms with Crippen molar-refractivity contribution in [3.63, 3.8) is 0 Å². The quantitative estimate of drug-likeness (QED) is 0.787. The molecule has 1 rings (SSSR count). The van der Waals surface area contributed by atoms with Gasteiger partial charge in [0.25, 0.3) is 0 Å². The number of hydrogen-bond donors (Lipinski definition) is 1. The van der Waals surface area contributed by atoms with Crippen LogP contribution in [0.4, 0.5) is 5.82 Å². The molecule has 0 saturated carbocycles. The van der Waals surface area contributed by atoms with E-state index in [2.05, 4.69) is 42.0 Å². The van der Waals surface area contributed by atoms with Gasteiger partial charge in [-0.05, 0) is 24.1 Å². The summed E-state index contributed by atoms with van der Waals surface area (Å²) in [7, 11) is 1.89. The van der Waals surface area contributed by atoms with Gasteiger partial charge in [0.15, 0.2) is 0 Å². The number of hydrogen-bond acceptors (Lipinski definition) is 3. The summed E-state index contributed by atoms with van der Waals surface area (Å²) in [6.07, 6.45) is 3.21. The summed E-state index contributed by atoms with van der Waals surface area (Å²) in [4.78, 5) is 6.82. The van der Waals surface area contributed by atoms with Crippen LogP contribution < -0.4 is 5.32 Å². The SMILES string of the molecule is CCC(C)CN(CC)Cc1ccc(NC)nc1. The fraction of sp³-hybridized carbons (Fsp3) is 0.643. The highest BCUT2D eigenvalue weighted by molar-refractivity contribution is 5.34. The maximum Gasteiger partial charge on any atom is 0.125 e. The second kappa shape index (κ2) is 7.28. The zero-order valence-corrected chi connectivity index (χ0v) is 11.5. The van der Waals surface area contributed by atoms with E-state index in [4.69, 9.17) is 0 Å². The molecule has 17 heavy (non-hydrogen) atoms. The summed E-state index contributed by atoms with van der Waals surface area (Å²) >= 11 is 0. The van der Waals surface area contributed by atoms with Crippen LogP contribution in [-0.2, 0) is 6.54 Å². The second-order valence-electron chi connectivity index (χ2n) is 4.64. The summed E-state index contributed by atoms with van der Waals surface area (Å²) in [5.41, 5.74) is 1.29. The van der Waals surface area contributed by atoms with Gasteiger partial charge in [-0.25, -0.2) is 4.98 Å². The topological polar surface area (TPSA) is 28.2 Å². The van der Waals surface area contributed by atoms with E-state index < -0.39 is 0 Å². The molecule has 0 fully saturated rings. The molecule has 0 radical (unpaired) electrons. The van der Waals surface area contributed by atoms with Crippen LogP contribution in [0.15, 0.2) is 18.3 Å². The van der Waals surface area contributed by atoms with E-state index in [0.717, 1.165) is 24.8 Å². The third-order valence-electron chi connectivity index (χ3n) is 3.20. The van der Waals surface area contributed by atoms with Crippen LogP contribution >= 0.6 is 0 Å². The van der Waals surface area contributed by atoms with Crippen molar-refractivity contribution in [2.24, 2.45) is 5.92 Å². The summed E-state index contributed by atoms with van der Waals surface area (Å²) in [6.45, 7) is 10.0. The van der Waals surface area contributed by atoms with E-state index >= 15 is 0 Å². The maximum absolute atomic E-state index is 4.35. The van der Waals surface area contributed by atoms with Gasteiger partial charge < -0.3 is 5.32 Å². The van der Waals surface area contributed by atoms with E-state index in [-0.39, 0.29) is 0 Å². The first-order valence-corrected chi connectivity index (χ1v) is 6.54. The van der Waals surface area contributed by atoms with Gasteiger partial charge in [-0.2, -0.15) is 0 Å². The fourth-order valence-electron chi connectivity index (χ4n) is 1.80. The van der Waals surface area contributed by atoms with Crippen LogP contribution in [0.5, 0.6) is 0 Å². The van der Waals surface area contributed by atoms with E-state index in [1.54, 1.807) is 0 Å². The van der Waals surface area contributed by atoms with Crippen molar-refractivity contribution in [3.8, 4) is 0 Å². The standard InChI is InChI=1S/C14H25N3/c1-5-12(3)10-17(6-2)11-13-7-8-14(15-4)16-9-13/h7-9,12H,5-6,10-11H2,1-4H3,(H,15,16). The fourth-order valence-corrected chi connectivity index (χ4v) is 1.80. The van der Waals surface area contributed by atoms with E-state index in [1.165, 1.54) is 18.5 Å². The Balaban J connectivity index is 2.54. The summed E-state index contributed by atoms with van der Waals surface area (Å²) < 4.78 is 0. The normalized spacial score (nSPS) is 12.8. The van der Waals surface area contributed by atoms with Crippen LogP contribution in [0.1, 0.15) is 32.8 Å². The molecule has 3 nitrogen and oxygen atoms in total. The minimum atomic E-state index is 0.763. The minimum Gasteiger partial charge on any atom is -0.373 e. The first kappa shape index (κ1) is 14.0. The minimum absolute atomic E-state index is 0.763. The first-order chi connectivity index (χ1) is 8.19. The Morgan fingerprint density at radius 3 is 2.59 bits per heavy atom. The zero-order chi connectivity index (χ0) is 12.7. The van der Waals surface area contributed by atoms with E-state index in [0.29, 0.717) is 0 Å². The highest BCUT2D eigenvalue weighted by atomic mass is 15.1. The third-order valence-corrected chi connectivity index (χ3v) is 3.20. The Labute approximate surface area is 105 Å². The second-order valence-corrected chi connectivity index (χ2v) is 4.64. The highest BCUT2D eigenvalue weighted by Crippen LogP contribution is 2.10. The summed E-state index contributed by atoms with van der Waals surface area (Å²) in [5.74, 6) is 1.69. The summed E-state index contributed by atoms with van der Waals surface area (Å²) in [6, 6.07) is 4.19. The Morgan fingerprint density at radius 2 is 2.12 bits per heavy atom. The molecule has 0 saturated heterocycles. The maximum atomic E-state index is 4.35. The average Bonchev–Trinajstić information content (AvgIpc) is 2.38. The Bertz CT molecular complexity index is 308. The molecule has 1 aromatic rings. The molecule has 3 heteroatoms. The molecule has 0 aliphatic heterocycles. The first-order valence-electron chi connectivity index (χ1n) is 6.54. The molecule has 96 valence electrons. The van der Waals surface area contributed by atoms with Crippen molar-refractivity contribution in [1.82, 2.24) is 9.88 Å². The Morgan fingerprint density at radius 1 is 1.35 bits per heavy atom. The van der Waals surface area contributed by atoms with Crippen molar-refractivity contribution in [2.75, 3.05) is 25.5 Å². The lowest BCUT2D eigenvalue weighted by Gasteiger charge is -2.23. The predicted octanol–water partition coefficient (Wildman–Crippen LogP) is 2.99. The molecule has 0 bridgehead atoms. The molecule has 1 unspecified atom stereocenters. The molecular formula is C14H25N3. The third kappa shape index (κ3) is 4.73. The van der Waals surface area contributed by atoms with Gasteiger partial charge in [0.05, 0.1) is 0 Å². The van der Waals surface area contributed by atoms with Crippen molar-refractivity contribution in [1.29, 1.82) is 0 Å². The van der Waals surface area contributed by atoms with Crippen LogP contribution in [0, 0.1) is 5.92 Å². The lowest BCUT2D eigenvalue weighted by molar-refractivity contribution is 0.238. The van der Waals surface area contributed by atoms with Gasteiger partial charge in [0.1, 0.15) is 5.82 Å². The lowest BCUT2D eigenvalue weighted by atomic mass is 10.1. The molecule has 0 spiro atoms. The zero-order valence-electron chi connectivity index (χ0n) is 11.5. The smallest absolute Gasteiger partial charge is 0.125 e.